The number of carbonyl (C=O) groups is 3. The molecule has 0 aliphatic carbocycles. The molecular weight excluding hydrogens is 323 g/mol. The highest BCUT2D eigenvalue weighted by atomic mass is 35.5. The topological polar surface area (TPSA) is 66.5 Å². The van der Waals surface area contributed by atoms with Crippen molar-refractivity contribution in [3.8, 4) is 0 Å². The highest BCUT2D eigenvalue weighted by molar-refractivity contribution is 6.33. The molecule has 0 bridgehead atoms. The lowest BCUT2D eigenvalue weighted by molar-refractivity contribution is -0.116. The SMILES string of the molecule is O=C(CN1C(=O)c2ccccc2C1=O)Nc1ccc(F)cc1Cl. The van der Waals surface area contributed by atoms with Crippen molar-refractivity contribution in [1.82, 2.24) is 4.90 Å². The van der Waals surface area contributed by atoms with E-state index in [2.05, 4.69) is 5.32 Å². The van der Waals surface area contributed by atoms with Gasteiger partial charge in [0.25, 0.3) is 11.8 Å². The summed E-state index contributed by atoms with van der Waals surface area (Å²) in [7, 11) is 0. The van der Waals surface area contributed by atoms with Gasteiger partial charge in [-0.25, -0.2) is 4.39 Å². The molecule has 1 aliphatic heterocycles. The van der Waals surface area contributed by atoms with Crippen LogP contribution >= 0.6 is 11.6 Å². The average molecular weight is 333 g/mol. The molecule has 2 aromatic carbocycles. The fourth-order valence-corrected chi connectivity index (χ4v) is 2.52. The van der Waals surface area contributed by atoms with Gasteiger partial charge in [-0.1, -0.05) is 23.7 Å². The summed E-state index contributed by atoms with van der Waals surface area (Å²) in [6.07, 6.45) is 0. The minimum absolute atomic E-state index is 0.0284. The van der Waals surface area contributed by atoms with Gasteiger partial charge in [-0.3, -0.25) is 19.3 Å². The lowest BCUT2D eigenvalue weighted by Gasteiger charge is -2.14. The molecule has 0 radical (unpaired) electrons. The van der Waals surface area contributed by atoms with Crippen LogP contribution in [0.25, 0.3) is 0 Å². The second-order valence-corrected chi connectivity index (χ2v) is 5.32. The van der Waals surface area contributed by atoms with Crippen LogP contribution in [0.15, 0.2) is 42.5 Å². The summed E-state index contributed by atoms with van der Waals surface area (Å²) >= 11 is 5.82. The number of amides is 3. The van der Waals surface area contributed by atoms with Crippen LogP contribution in [-0.4, -0.2) is 29.2 Å². The lowest BCUT2D eigenvalue weighted by Crippen LogP contribution is -2.37. The van der Waals surface area contributed by atoms with Crippen LogP contribution in [0.2, 0.25) is 5.02 Å². The molecule has 0 aromatic heterocycles. The first-order valence-corrected chi connectivity index (χ1v) is 7.05. The fourth-order valence-electron chi connectivity index (χ4n) is 2.31. The first kappa shape index (κ1) is 15.2. The summed E-state index contributed by atoms with van der Waals surface area (Å²) < 4.78 is 13.0. The molecule has 23 heavy (non-hydrogen) atoms. The molecule has 1 N–H and O–H groups in total. The summed E-state index contributed by atoms with van der Waals surface area (Å²) in [6.45, 7) is -0.444. The van der Waals surface area contributed by atoms with Crippen LogP contribution in [0.3, 0.4) is 0 Å². The van der Waals surface area contributed by atoms with E-state index in [0.717, 1.165) is 17.0 Å². The van der Waals surface area contributed by atoms with Crippen molar-refractivity contribution in [3.63, 3.8) is 0 Å². The van der Waals surface area contributed by atoms with Gasteiger partial charge < -0.3 is 5.32 Å². The van der Waals surface area contributed by atoms with Crippen LogP contribution < -0.4 is 5.32 Å². The third-order valence-corrected chi connectivity index (χ3v) is 3.70. The van der Waals surface area contributed by atoms with Gasteiger partial charge in [0.1, 0.15) is 12.4 Å². The smallest absolute Gasteiger partial charge is 0.262 e. The lowest BCUT2D eigenvalue weighted by atomic mass is 10.1. The van der Waals surface area contributed by atoms with Crippen LogP contribution in [0.1, 0.15) is 20.7 Å². The Balaban J connectivity index is 1.74. The van der Waals surface area contributed by atoms with E-state index >= 15 is 0 Å². The van der Waals surface area contributed by atoms with E-state index in [1.54, 1.807) is 12.1 Å². The van der Waals surface area contributed by atoms with Crippen molar-refractivity contribution < 1.29 is 18.8 Å². The number of rotatable bonds is 3. The van der Waals surface area contributed by atoms with Crippen LogP contribution in [0.5, 0.6) is 0 Å². The van der Waals surface area contributed by atoms with Crippen molar-refractivity contribution in [3.05, 3.63) is 64.4 Å². The highest BCUT2D eigenvalue weighted by Crippen LogP contribution is 2.24. The number of fused-ring (bicyclic) bond motifs is 1. The standard InChI is InChI=1S/C16H10ClFN2O3/c17-12-7-9(18)5-6-13(12)19-14(21)8-20-15(22)10-3-1-2-4-11(10)16(20)23/h1-7H,8H2,(H,19,21). The Morgan fingerprint density at radius 2 is 1.70 bits per heavy atom. The predicted molar refractivity (Wildman–Crippen MR) is 81.8 cm³/mol. The normalized spacial score (nSPS) is 13.2. The molecule has 7 heteroatoms. The van der Waals surface area contributed by atoms with Crippen molar-refractivity contribution in [1.29, 1.82) is 0 Å². The summed E-state index contributed by atoms with van der Waals surface area (Å²) in [5.74, 6) is -2.18. The Kier molecular flexibility index (Phi) is 3.83. The van der Waals surface area contributed by atoms with Crippen molar-refractivity contribution in [2.75, 3.05) is 11.9 Å². The molecule has 0 fully saturated rings. The first-order chi connectivity index (χ1) is 11.0. The van der Waals surface area contributed by atoms with Crippen LogP contribution in [0.4, 0.5) is 10.1 Å². The van der Waals surface area contributed by atoms with Gasteiger partial charge in [0.2, 0.25) is 5.91 Å². The maximum Gasteiger partial charge on any atom is 0.262 e. The van der Waals surface area contributed by atoms with E-state index in [1.807, 2.05) is 0 Å². The average Bonchev–Trinajstić information content (AvgIpc) is 2.76. The molecule has 116 valence electrons. The quantitative estimate of drug-likeness (QED) is 0.879. The molecular formula is C16H10ClFN2O3. The maximum absolute atomic E-state index is 13.0. The largest absolute Gasteiger partial charge is 0.323 e. The van der Waals surface area contributed by atoms with Gasteiger partial charge in [0.15, 0.2) is 0 Å². The van der Waals surface area contributed by atoms with Gasteiger partial charge in [-0.15, -0.1) is 0 Å². The van der Waals surface area contributed by atoms with E-state index in [-0.39, 0.29) is 21.8 Å². The van der Waals surface area contributed by atoms with E-state index < -0.39 is 30.1 Å². The molecule has 0 saturated heterocycles. The number of imide groups is 1. The number of nitrogens with one attached hydrogen (secondary N) is 1. The number of benzene rings is 2. The van der Waals surface area contributed by atoms with E-state index in [4.69, 9.17) is 11.6 Å². The van der Waals surface area contributed by atoms with Gasteiger partial charge in [-0.05, 0) is 30.3 Å². The Morgan fingerprint density at radius 1 is 1.09 bits per heavy atom. The minimum atomic E-state index is -0.604. The van der Waals surface area contributed by atoms with Crippen LogP contribution in [-0.2, 0) is 4.79 Å². The Labute approximate surface area is 135 Å². The summed E-state index contributed by atoms with van der Waals surface area (Å²) in [5, 5.41) is 2.48. The van der Waals surface area contributed by atoms with Crippen molar-refractivity contribution >= 4 is 35.0 Å². The Hall–Kier alpha value is -2.73. The molecule has 3 rings (SSSR count). The third kappa shape index (κ3) is 2.80. The zero-order valence-electron chi connectivity index (χ0n) is 11.7. The maximum atomic E-state index is 13.0. The molecule has 5 nitrogen and oxygen atoms in total. The van der Waals surface area contributed by atoms with Gasteiger partial charge in [0, 0.05) is 0 Å². The number of carbonyl (C=O) groups excluding carboxylic acids is 3. The second kappa shape index (κ2) is 5.81. The molecule has 2 aromatic rings. The second-order valence-electron chi connectivity index (χ2n) is 4.91. The van der Waals surface area contributed by atoms with Gasteiger partial charge in [0.05, 0.1) is 21.8 Å². The zero-order chi connectivity index (χ0) is 16.6. The molecule has 0 saturated carbocycles. The number of hydrogen-bond acceptors (Lipinski definition) is 3. The highest BCUT2D eigenvalue weighted by Gasteiger charge is 2.36. The van der Waals surface area contributed by atoms with Gasteiger partial charge >= 0.3 is 0 Å². The summed E-state index contributed by atoms with van der Waals surface area (Å²) in [4.78, 5) is 37.2. The molecule has 1 heterocycles. The van der Waals surface area contributed by atoms with E-state index in [9.17, 15) is 18.8 Å². The van der Waals surface area contributed by atoms with Crippen molar-refractivity contribution in [2.24, 2.45) is 0 Å². The third-order valence-electron chi connectivity index (χ3n) is 3.39. The van der Waals surface area contributed by atoms with Gasteiger partial charge in [-0.2, -0.15) is 0 Å². The zero-order valence-corrected chi connectivity index (χ0v) is 12.4. The molecule has 0 spiro atoms. The summed E-state index contributed by atoms with van der Waals surface area (Å²) in [6, 6.07) is 9.85. The fraction of sp³-hybridized carbons (Fsp3) is 0.0625. The van der Waals surface area contributed by atoms with Crippen molar-refractivity contribution in [2.45, 2.75) is 0 Å². The number of halogens is 2. The van der Waals surface area contributed by atoms with Crippen LogP contribution in [0, 0.1) is 5.82 Å². The minimum Gasteiger partial charge on any atom is -0.323 e. The Morgan fingerprint density at radius 3 is 2.26 bits per heavy atom. The molecule has 1 aliphatic rings. The molecule has 3 amide bonds. The van der Waals surface area contributed by atoms with E-state index in [1.165, 1.54) is 18.2 Å². The monoisotopic (exact) mass is 332 g/mol. The molecule has 0 atom stereocenters. The number of hydrogen-bond donors (Lipinski definition) is 1. The summed E-state index contributed by atoms with van der Waals surface area (Å²) in [5.41, 5.74) is 0.741. The number of nitrogens with zero attached hydrogens (tertiary/aromatic N) is 1. The first-order valence-electron chi connectivity index (χ1n) is 6.67. The predicted octanol–water partition coefficient (Wildman–Crippen LogP) is 2.71. The Bertz CT molecular complexity index is 803. The number of anilines is 1. The molecule has 0 unspecified atom stereocenters. The van der Waals surface area contributed by atoms with E-state index in [0.29, 0.717) is 0 Å².